The smallest absolute Gasteiger partial charge is 0.249 e. The first-order valence-electron chi connectivity index (χ1n) is 24.5. The molecule has 0 aromatic carbocycles. The summed E-state index contributed by atoms with van der Waals surface area (Å²) in [7, 11) is 0. The minimum Gasteiger partial charge on any atom is -0.394 e. The number of allylic oxidation sites excluding steroid dienone is 2. The molecule has 1 fully saturated rings. The third-order valence-electron chi connectivity index (χ3n) is 12.0. The number of amides is 1. The van der Waals surface area contributed by atoms with Crippen LogP contribution in [-0.2, 0) is 14.3 Å². The maximum Gasteiger partial charge on any atom is 0.249 e. The number of unbranched alkanes of at least 4 members (excludes halogenated alkanes) is 28. The summed E-state index contributed by atoms with van der Waals surface area (Å²) in [5, 5.41) is 64.8. The molecule has 0 bridgehead atoms. The molecule has 1 aliphatic rings. The minimum absolute atomic E-state index is 0.264. The third kappa shape index (κ3) is 28.4. The Hall–Kier alpha value is -1.11. The van der Waals surface area contributed by atoms with Crippen molar-refractivity contribution in [3.05, 3.63) is 12.2 Å². The van der Waals surface area contributed by atoms with Gasteiger partial charge in [-0.1, -0.05) is 199 Å². The van der Waals surface area contributed by atoms with Gasteiger partial charge in [-0.15, -0.1) is 0 Å². The van der Waals surface area contributed by atoms with E-state index in [1.807, 2.05) is 0 Å². The predicted octanol–water partition coefficient (Wildman–Crippen LogP) is 9.48. The highest BCUT2D eigenvalue weighted by Gasteiger charge is 2.44. The highest BCUT2D eigenvalue weighted by atomic mass is 16.7. The molecule has 10 heteroatoms. The summed E-state index contributed by atoms with van der Waals surface area (Å²) in [6.45, 7) is 3.66. The normalized spacial score (nSPS) is 21.4. The molecule has 1 heterocycles. The molecular formula is C48H93NO9. The Morgan fingerprint density at radius 2 is 0.966 bits per heavy atom. The van der Waals surface area contributed by atoms with Crippen molar-refractivity contribution in [1.82, 2.24) is 5.32 Å². The second-order valence-corrected chi connectivity index (χ2v) is 17.4. The maximum atomic E-state index is 13.1. The van der Waals surface area contributed by atoms with Gasteiger partial charge in [0, 0.05) is 0 Å². The SMILES string of the molecule is CCCCCCCCC/C=C/CCCC[C@@H](O)[C@H](CO[C@@H]1O[C@H](CO)[C@@H](O)C(O)C1O)NC(=O)[C@H](O)CCCCCCCCCCCCCCCCCCCCCC. The van der Waals surface area contributed by atoms with Gasteiger partial charge in [-0.05, 0) is 38.5 Å². The van der Waals surface area contributed by atoms with Crippen LogP contribution in [0.4, 0.5) is 0 Å². The largest absolute Gasteiger partial charge is 0.394 e. The Morgan fingerprint density at radius 3 is 1.41 bits per heavy atom. The Bertz CT molecular complexity index is 937. The van der Waals surface area contributed by atoms with E-state index < -0.39 is 61.5 Å². The Kier molecular flexibility index (Phi) is 36.7. The molecule has 1 rings (SSSR count). The molecule has 0 aliphatic carbocycles. The molecule has 1 aliphatic heterocycles. The average molecular weight is 828 g/mol. The first kappa shape index (κ1) is 54.9. The fourth-order valence-corrected chi connectivity index (χ4v) is 7.93. The van der Waals surface area contributed by atoms with Crippen LogP contribution in [0.5, 0.6) is 0 Å². The highest BCUT2D eigenvalue weighted by molar-refractivity contribution is 5.80. The van der Waals surface area contributed by atoms with Crippen molar-refractivity contribution in [2.24, 2.45) is 0 Å². The van der Waals surface area contributed by atoms with Crippen LogP contribution >= 0.6 is 0 Å². The number of carbonyl (C=O) groups excluding carboxylic acids is 1. The lowest BCUT2D eigenvalue weighted by molar-refractivity contribution is -0.302. The topological polar surface area (TPSA) is 169 Å². The van der Waals surface area contributed by atoms with Crippen molar-refractivity contribution in [1.29, 1.82) is 0 Å². The molecule has 7 N–H and O–H groups in total. The van der Waals surface area contributed by atoms with E-state index in [4.69, 9.17) is 9.47 Å². The molecule has 0 radical (unpaired) electrons. The van der Waals surface area contributed by atoms with Crippen LogP contribution in [0.25, 0.3) is 0 Å². The lowest BCUT2D eigenvalue weighted by atomic mass is 9.99. The zero-order chi connectivity index (χ0) is 42.5. The van der Waals surface area contributed by atoms with E-state index in [0.717, 1.165) is 44.9 Å². The Balaban J connectivity index is 2.33. The second kappa shape index (κ2) is 38.8. The monoisotopic (exact) mass is 828 g/mol. The van der Waals surface area contributed by atoms with Crippen molar-refractivity contribution in [3.8, 4) is 0 Å². The fourth-order valence-electron chi connectivity index (χ4n) is 7.93. The van der Waals surface area contributed by atoms with E-state index in [9.17, 15) is 35.4 Å². The molecule has 1 amide bonds. The van der Waals surface area contributed by atoms with Crippen LogP contribution in [0.15, 0.2) is 12.2 Å². The van der Waals surface area contributed by atoms with E-state index in [0.29, 0.717) is 12.8 Å². The summed E-state index contributed by atoms with van der Waals surface area (Å²) in [4.78, 5) is 13.1. The lowest BCUT2D eigenvalue weighted by Gasteiger charge is -2.40. The minimum atomic E-state index is -1.60. The number of aliphatic hydroxyl groups is 6. The zero-order valence-corrected chi connectivity index (χ0v) is 37.4. The molecule has 1 saturated heterocycles. The summed E-state index contributed by atoms with van der Waals surface area (Å²) in [6, 6.07) is -0.905. The summed E-state index contributed by atoms with van der Waals surface area (Å²) in [5.74, 6) is -0.590. The fraction of sp³-hybridized carbons (Fsp3) is 0.938. The van der Waals surface area contributed by atoms with Crippen molar-refractivity contribution in [2.75, 3.05) is 13.2 Å². The molecule has 8 atom stereocenters. The number of ether oxygens (including phenoxy) is 2. The van der Waals surface area contributed by atoms with Crippen LogP contribution in [0.2, 0.25) is 0 Å². The van der Waals surface area contributed by atoms with Gasteiger partial charge in [0.2, 0.25) is 5.91 Å². The van der Waals surface area contributed by atoms with E-state index >= 15 is 0 Å². The van der Waals surface area contributed by atoms with Crippen molar-refractivity contribution >= 4 is 5.91 Å². The van der Waals surface area contributed by atoms with Crippen LogP contribution in [0, 0.1) is 0 Å². The molecule has 0 aromatic heterocycles. The van der Waals surface area contributed by atoms with Gasteiger partial charge >= 0.3 is 0 Å². The van der Waals surface area contributed by atoms with E-state index in [2.05, 4.69) is 31.3 Å². The van der Waals surface area contributed by atoms with Crippen LogP contribution in [-0.4, -0.2) is 98.7 Å². The number of rotatable bonds is 41. The predicted molar refractivity (Wildman–Crippen MR) is 237 cm³/mol. The molecule has 0 saturated carbocycles. The number of hydrogen-bond donors (Lipinski definition) is 7. The van der Waals surface area contributed by atoms with Gasteiger partial charge < -0.3 is 45.4 Å². The highest BCUT2D eigenvalue weighted by Crippen LogP contribution is 2.23. The van der Waals surface area contributed by atoms with Crippen molar-refractivity contribution in [3.63, 3.8) is 0 Å². The third-order valence-corrected chi connectivity index (χ3v) is 12.0. The Labute approximate surface area is 355 Å². The average Bonchev–Trinajstić information content (AvgIpc) is 3.22. The first-order chi connectivity index (χ1) is 28.3. The van der Waals surface area contributed by atoms with Gasteiger partial charge in [0.15, 0.2) is 6.29 Å². The molecule has 0 aromatic rings. The number of nitrogens with one attached hydrogen (secondary N) is 1. The second-order valence-electron chi connectivity index (χ2n) is 17.4. The zero-order valence-electron chi connectivity index (χ0n) is 37.4. The number of carbonyl (C=O) groups is 1. The summed E-state index contributed by atoms with van der Waals surface area (Å²) >= 11 is 0. The maximum absolute atomic E-state index is 13.1. The quantitative estimate of drug-likeness (QED) is 0.0235. The first-order valence-corrected chi connectivity index (χ1v) is 24.5. The Morgan fingerprint density at radius 1 is 0.569 bits per heavy atom. The van der Waals surface area contributed by atoms with Gasteiger partial charge in [0.05, 0.1) is 25.4 Å². The van der Waals surface area contributed by atoms with Gasteiger partial charge in [-0.3, -0.25) is 4.79 Å². The van der Waals surface area contributed by atoms with E-state index in [1.54, 1.807) is 0 Å². The lowest BCUT2D eigenvalue weighted by Crippen LogP contribution is -2.60. The molecular weight excluding hydrogens is 735 g/mol. The van der Waals surface area contributed by atoms with Crippen LogP contribution in [0.1, 0.15) is 226 Å². The molecule has 0 spiro atoms. The van der Waals surface area contributed by atoms with E-state index in [-0.39, 0.29) is 6.61 Å². The standard InChI is InChI=1S/C48H93NO9/c1-3-5-7-9-11-13-15-17-18-19-20-21-22-23-25-27-29-31-33-35-37-42(52)47(56)49-40(39-57-48-46(55)45(54)44(53)43(38-50)58-48)41(51)36-34-32-30-28-26-24-16-14-12-10-8-6-4-2/h26,28,40-46,48,50-55H,3-25,27,29-39H2,1-2H3,(H,49,56)/b28-26+/t40-,41+,42+,43+,44+,45?,46?,48+/m0/s1. The summed E-state index contributed by atoms with van der Waals surface area (Å²) < 4.78 is 11.2. The summed E-state index contributed by atoms with van der Waals surface area (Å²) in [6.07, 6.45) is 34.1. The summed E-state index contributed by atoms with van der Waals surface area (Å²) in [5.41, 5.74) is 0. The number of aliphatic hydroxyl groups excluding tert-OH is 6. The van der Waals surface area contributed by atoms with Gasteiger partial charge in [0.1, 0.15) is 30.5 Å². The van der Waals surface area contributed by atoms with Gasteiger partial charge in [0.25, 0.3) is 0 Å². The molecule has 10 nitrogen and oxygen atoms in total. The van der Waals surface area contributed by atoms with E-state index in [1.165, 1.54) is 154 Å². The van der Waals surface area contributed by atoms with Gasteiger partial charge in [-0.2, -0.15) is 0 Å². The van der Waals surface area contributed by atoms with Crippen molar-refractivity contribution < 1.29 is 44.9 Å². The van der Waals surface area contributed by atoms with Crippen LogP contribution in [0.3, 0.4) is 0 Å². The molecule has 344 valence electrons. The number of hydrogen-bond acceptors (Lipinski definition) is 9. The van der Waals surface area contributed by atoms with Gasteiger partial charge in [-0.25, -0.2) is 0 Å². The molecule has 58 heavy (non-hydrogen) atoms. The van der Waals surface area contributed by atoms with Crippen LogP contribution < -0.4 is 5.32 Å². The molecule has 2 unspecified atom stereocenters. The van der Waals surface area contributed by atoms with Crippen molar-refractivity contribution in [2.45, 2.75) is 275 Å².